The van der Waals surface area contributed by atoms with Crippen LogP contribution in [0, 0.1) is 11.3 Å². The van der Waals surface area contributed by atoms with Crippen molar-refractivity contribution in [2.75, 3.05) is 5.32 Å². The molecule has 0 spiro atoms. The molecule has 5 heteroatoms. The first-order chi connectivity index (χ1) is 10.1. The lowest BCUT2D eigenvalue weighted by atomic mass is 10.2. The largest absolute Gasteiger partial charge is 0.481 e. The van der Waals surface area contributed by atoms with Gasteiger partial charge in [-0.2, -0.15) is 5.26 Å². The first-order valence-corrected chi connectivity index (χ1v) is 7.11. The van der Waals surface area contributed by atoms with Crippen LogP contribution in [-0.2, 0) is 4.79 Å². The molecule has 0 bridgehead atoms. The van der Waals surface area contributed by atoms with Crippen molar-refractivity contribution < 1.29 is 9.53 Å². The SMILES string of the molecule is CC(Oc1cccc(Br)c1)C(=O)Nc1cccc(C#N)c1. The van der Waals surface area contributed by atoms with E-state index in [0.29, 0.717) is 17.0 Å². The Morgan fingerprint density at radius 3 is 2.76 bits per heavy atom. The predicted molar refractivity (Wildman–Crippen MR) is 84.0 cm³/mol. The third kappa shape index (κ3) is 4.33. The van der Waals surface area contributed by atoms with Crippen molar-refractivity contribution in [1.29, 1.82) is 5.26 Å². The van der Waals surface area contributed by atoms with Gasteiger partial charge in [-0.25, -0.2) is 0 Å². The highest BCUT2D eigenvalue weighted by atomic mass is 79.9. The normalized spacial score (nSPS) is 11.3. The third-order valence-corrected chi connectivity index (χ3v) is 3.23. The molecule has 1 unspecified atom stereocenters. The number of halogens is 1. The Balaban J connectivity index is 2.01. The zero-order valence-electron chi connectivity index (χ0n) is 11.3. The second-order valence-corrected chi connectivity index (χ2v) is 5.31. The molecule has 21 heavy (non-hydrogen) atoms. The Hall–Kier alpha value is -2.32. The van der Waals surface area contributed by atoms with Crippen molar-refractivity contribution in [3.8, 4) is 11.8 Å². The van der Waals surface area contributed by atoms with Gasteiger partial charge in [0.2, 0.25) is 0 Å². The van der Waals surface area contributed by atoms with Crippen LogP contribution in [0.5, 0.6) is 5.75 Å². The zero-order valence-corrected chi connectivity index (χ0v) is 12.9. The summed E-state index contributed by atoms with van der Waals surface area (Å²) in [6.45, 7) is 1.67. The van der Waals surface area contributed by atoms with E-state index in [9.17, 15) is 4.79 Å². The van der Waals surface area contributed by atoms with Crippen molar-refractivity contribution in [3.05, 3.63) is 58.6 Å². The number of ether oxygens (including phenoxy) is 1. The van der Waals surface area contributed by atoms with Gasteiger partial charge < -0.3 is 10.1 Å². The van der Waals surface area contributed by atoms with E-state index in [0.717, 1.165) is 4.47 Å². The highest BCUT2D eigenvalue weighted by Gasteiger charge is 2.15. The van der Waals surface area contributed by atoms with E-state index < -0.39 is 6.10 Å². The maximum absolute atomic E-state index is 12.1. The van der Waals surface area contributed by atoms with Crippen molar-refractivity contribution in [3.63, 3.8) is 0 Å². The Bertz CT molecular complexity index is 695. The van der Waals surface area contributed by atoms with Gasteiger partial charge in [-0.05, 0) is 43.3 Å². The molecule has 2 aromatic carbocycles. The first kappa shape index (κ1) is 15.1. The summed E-state index contributed by atoms with van der Waals surface area (Å²) in [6.07, 6.45) is -0.648. The number of carbonyl (C=O) groups excluding carboxylic acids is 1. The second kappa shape index (κ2) is 6.91. The summed E-state index contributed by atoms with van der Waals surface area (Å²) in [5.74, 6) is 0.336. The summed E-state index contributed by atoms with van der Waals surface area (Å²) >= 11 is 3.35. The van der Waals surface area contributed by atoms with Crippen LogP contribution >= 0.6 is 15.9 Å². The van der Waals surface area contributed by atoms with E-state index in [1.54, 1.807) is 43.3 Å². The fraction of sp³-hybridized carbons (Fsp3) is 0.125. The Morgan fingerprint density at radius 1 is 1.29 bits per heavy atom. The molecule has 1 amide bonds. The third-order valence-electron chi connectivity index (χ3n) is 2.74. The van der Waals surface area contributed by atoms with Crippen LogP contribution in [0.15, 0.2) is 53.0 Å². The fourth-order valence-electron chi connectivity index (χ4n) is 1.71. The Kier molecular flexibility index (Phi) is 4.96. The number of benzene rings is 2. The van der Waals surface area contributed by atoms with Gasteiger partial charge in [-0.3, -0.25) is 4.79 Å². The molecule has 0 heterocycles. The molecule has 1 N–H and O–H groups in total. The molecular weight excluding hydrogens is 332 g/mol. The summed E-state index contributed by atoms with van der Waals surface area (Å²) in [5, 5.41) is 11.6. The summed E-state index contributed by atoms with van der Waals surface area (Å²) in [7, 11) is 0. The highest BCUT2D eigenvalue weighted by Crippen LogP contribution is 2.19. The number of nitrogens with one attached hydrogen (secondary N) is 1. The number of hydrogen-bond donors (Lipinski definition) is 1. The van der Waals surface area contributed by atoms with Crippen LogP contribution in [0.2, 0.25) is 0 Å². The van der Waals surface area contributed by atoms with E-state index in [2.05, 4.69) is 21.2 Å². The lowest BCUT2D eigenvalue weighted by Gasteiger charge is -2.15. The smallest absolute Gasteiger partial charge is 0.265 e. The number of anilines is 1. The minimum Gasteiger partial charge on any atom is -0.481 e. The standard InChI is InChI=1S/C16H13BrN2O2/c1-11(21-15-7-3-5-13(17)9-15)16(20)19-14-6-2-4-12(8-14)10-18/h2-9,11H,1H3,(H,19,20). The van der Waals surface area contributed by atoms with Gasteiger partial charge >= 0.3 is 0 Å². The van der Waals surface area contributed by atoms with Crippen LogP contribution in [0.4, 0.5) is 5.69 Å². The van der Waals surface area contributed by atoms with Gasteiger partial charge in [0.15, 0.2) is 6.10 Å². The molecule has 0 aliphatic rings. The van der Waals surface area contributed by atoms with Crippen LogP contribution in [0.3, 0.4) is 0 Å². The van der Waals surface area contributed by atoms with E-state index in [4.69, 9.17) is 10.00 Å². The number of hydrogen-bond acceptors (Lipinski definition) is 3. The zero-order chi connectivity index (χ0) is 15.2. The summed E-state index contributed by atoms with van der Waals surface area (Å²) in [4.78, 5) is 12.1. The number of amides is 1. The van der Waals surface area contributed by atoms with Crippen LogP contribution in [0.1, 0.15) is 12.5 Å². The molecule has 4 nitrogen and oxygen atoms in total. The van der Waals surface area contributed by atoms with Gasteiger partial charge in [-0.15, -0.1) is 0 Å². The maximum Gasteiger partial charge on any atom is 0.265 e. The minimum atomic E-state index is -0.648. The summed E-state index contributed by atoms with van der Waals surface area (Å²) in [5.41, 5.74) is 1.07. The van der Waals surface area contributed by atoms with E-state index >= 15 is 0 Å². The van der Waals surface area contributed by atoms with E-state index in [1.165, 1.54) is 0 Å². The quantitative estimate of drug-likeness (QED) is 0.919. The van der Waals surface area contributed by atoms with Crippen LogP contribution in [0.25, 0.3) is 0 Å². The van der Waals surface area contributed by atoms with Gasteiger partial charge in [0.05, 0.1) is 11.6 Å². The van der Waals surface area contributed by atoms with Crippen LogP contribution in [-0.4, -0.2) is 12.0 Å². The number of nitriles is 1. The molecule has 0 radical (unpaired) electrons. The van der Waals surface area contributed by atoms with Gasteiger partial charge in [0.25, 0.3) is 5.91 Å². The molecule has 0 saturated carbocycles. The van der Waals surface area contributed by atoms with Gasteiger partial charge in [0, 0.05) is 10.2 Å². The second-order valence-electron chi connectivity index (χ2n) is 4.40. The average molecular weight is 345 g/mol. The van der Waals surface area contributed by atoms with Crippen LogP contribution < -0.4 is 10.1 Å². The Labute approximate surface area is 131 Å². The number of rotatable bonds is 4. The fourth-order valence-corrected chi connectivity index (χ4v) is 2.09. The molecule has 2 aromatic rings. The predicted octanol–water partition coefficient (Wildman–Crippen LogP) is 3.73. The lowest BCUT2D eigenvalue weighted by molar-refractivity contribution is -0.122. The number of nitrogens with zero attached hydrogens (tertiary/aromatic N) is 1. The van der Waals surface area contributed by atoms with Crippen molar-refractivity contribution in [2.24, 2.45) is 0 Å². The lowest BCUT2D eigenvalue weighted by Crippen LogP contribution is -2.30. The highest BCUT2D eigenvalue weighted by molar-refractivity contribution is 9.10. The molecule has 0 saturated heterocycles. The van der Waals surface area contributed by atoms with E-state index in [1.807, 2.05) is 18.2 Å². The molecule has 0 aromatic heterocycles. The molecule has 0 aliphatic heterocycles. The summed E-state index contributed by atoms with van der Waals surface area (Å²) < 4.78 is 6.46. The average Bonchev–Trinajstić information content (AvgIpc) is 2.47. The van der Waals surface area contributed by atoms with Crippen molar-refractivity contribution in [2.45, 2.75) is 13.0 Å². The molecule has 0 fully saturated rings. The van der Waals surface area contributed by atoms with Crippen molar-refractivity contribution >= 4 is 27.5 Å². The first-order valence-electron chi connectivity index (χ1n) is 6.32. The Morgan fingerprint density at radius 2 is 2.05 bits per heavy atom. The molecule has 0 aliphatic carbocycles. The molecule has 106 valence electrons. The topological polar surface area (TPSA) is 62.1 Å². The molecule has 1 atom stereocenters. The molecular formula is C16H13BrN2O2. The maximum atomic E-state index is 12.1. The molecule has 2 rings (SSSR count). The van der Waals surface area contributed by atoms with Gasteiger partial charge in [-0.1, -0.05) is 28.1 Å². The van der Waals surface area contributed by atoms with Crippen molar-refractivity contribution in [1.82, 2.24) is 0 Å². The summed E-state index contributed by atoms with van der Waals surface area (Å²) in [6, 6.07) is 16.1. The number of carbonyl (C=O) groups is 1. The van der Waals surface area contributed by atoms with E-state index in [-0.39, 0.29) is 5.91 Å². The minimum absolute atomic E-state index is 0.273. The van der Waals surface area contributed by atoms with Gasteiger partial charge in [0.1, 0.15) is 5.75 Å². The monoisotopic (exact) mass is 344 g/mol.